The fourth-order valence-electron chi connectivity index (χ4n) is 11.7. The molecule has 1 aromatic heterocycles. The van der Waals surface area contributed by atoms with Crippen LogP contribution < -0.4 is 10.2 Å². The van der Waals surface area contributed by atoms with Gasteiger partial charge in [0.25, 0.3) is 46.4 Å². The van der Waals surface area contributed by atoms with E-state index in [0.717, 1.165) is 35.3 Å². The molecule has 7 N–H and O–H groups in total. The number of rotatable bonds is 26. The van der Waals surface area contributed by atoms with Crippen LogP contribution in [0, 0.1) is 0 Å². The molecule has 2 aliphatic rings. The van der Waals surface area contributed by atoms with Crippen LogP contribution in [-0.4, -0.2) is 115 Å². The average molecular weight is 1330 g/mol. The second-order valence-electron chi connectivity index (χ2n) is 21.9. The van der Waals surface area contributed by atoms with Crippen molar-refractivity contribution in [3.63, 3.8) is 0 Å². The molecule has 0 atom stereocenters. The van der Waals surface area contributed by atoms with Crippen LogP contribution in [0.25, 0.3) is 27.1 Å². The van der Waals surface area contributed by atoms with Crippen LogP contribution in [0.3, 0.4) is 0 Å². The minimum atomic E-state index is -5.08. The van der Waals surface area contributed by atoms with Gasteiger partial charge in [0.05, 0.1) is 44.3 Å². The highest BCUT2D eigenvalue weighted by Gasteiger charge is 2.47. The lowest BCUT2D eigenvalue weighted by atomic mass is 9.79. The molecule has 1 amide bonds. The Hall–Kier alpha value is -6.75. The van der Waals surface area contributed by atoms with Crippen molar-refractivity contribution in [2.24, 2.45) is 0 Å². The van der Waals surface area contributed by atoms with Crippen LogP contribution in [0.5, 0.6) is 0 Å². The summed E-state index contributed by atoms with van der Waals surface area (Å²) in [5, 5.41) is 29.3. The van der Waals surface area contributed by atoms with E-state index in [1.54, 1.807) is 54.6 Å². The molecule has 3 heterocycles. The molecule has 0 saturated carbocycles. The van der Waals surface area contributed by atoms with Crippen molar-refractivity contribution in [1.29, 1.82) is 0 Å². The normalized spacial score (nSPS) is 15.7. The van der Waals surface area contributed by atoms with E-state index in [9.17, 15) is 56.7 Å². The van der Waals surface area contributed by atoms with Crippen LogP contribution >= 0.6 is 24.1 Å². The van der Waals surface area contributed by atoms with E-state index >= 15 is 0 Å². The number of fused-ring (bicyclic) bond motifs is 6. The Kier molecular flexibility index (Phi) is 20.2. The molecule has 7 aromatic rings. The van der Waals surface area contributed by atoms with Gasteiger partial charge in [0.2, 0.25) is 5.69 Å². The van der Waals surface area contributed by atoms with Crippen LogP contribution in [0.4, 0.5) is 11.4 Å². The van der Waals surface area contributed by atoms with Crippen molar-refractivity contribution in [3.8, 4) is 0 Å². The summed E-state index contributed by atoms with van der Waals surface area (Å²) in [6.45, 7) is 7.82. The van der Waals surface area contributed by atoms with Gasteiger partial charge < -0.3 is 10.2 Å². The number of allylic oxidation sites excluding steroid dienone is 6. The van der Waals surface area contributed by atoms with Gasteiger partial charge in [-0.2, -0.15) is 38.2 Å². The zero-order valence-corrected chi connectivity index (χ0v) is 52.8. The molecule has 23 nitrogen and oxygen atoms in total. The van der Waals surface area contributed by atoms with E-state index in [1.807, 2.05) is 97.8 Å². The number of carbonyl (C=O) groups excluding carboxylic acids is 1. The van der Waals surface area contributed by atoms with Gasteiger partial charge in [-0.25, -0.2) is 10.5 Å². The van der Waals surface area contributed by atoms with Gasteiger partial charge in [0, 0.05) is 99.8 Å². The summed E-state index contributed by atoms with van der Waals surface area (Å²) in [5.74, 6) is -0.766. The number of hydrogen-bond acceptors (Lipinski definition) is 19. The fourth-order valence-corrected chi connectivity index (χ4v) is 15.1. The quantitative estimate of drug-likeness (QED) is 0.00504. The topological polar surface area (TPSA) is 343 Å². The number of hydrogen-bond donors (Lipinski definition) is 7. The molecule has 0 bridgehead atoms. The van der Waals surface area contributed by atoms with Gasteiger partial charge in [0.1, 0.15) is 11.4 Å². The molecule has 2 aliphatic heterocycles. The van der Waals surface area contributed by atoms with Crippen LogP contribution in [0.1, 0.15) is 91.2 Å². The Morgan fingerprint density at radius 3 is 1.93 bits per heavy atom. The van der Waals surface area contributed by atoms with Gasteiger partial charge in [-0.15, -0.1) is 8.67 Å². The predicted octanol–water partition coefficient (Wildman–Crippen LogP) is 10.9. The van der Waals surface area contributed by atoms with E-state index in [4.69, 9.17) is 19.8 Å². The average Bonchev–Trinajstić information content (AvgIpc) is 1.63. The maximum Gasteiger partial charge on any atom is 0.295 e. The van der Waals surface area contributed by atoms with Gasteiger partial charge in [-0.05, 0) is 120 Å². The Morgan fingerprint density at radius 1 is 0.708 bits per heavy atom. The third-order valence-corrected chi connectivity index (χ3v) is 20.2. The zero-order valence-electron chi connectivity index (χ0n) is 47.9. The smallest absolute Gasteiger partial charge is 0.295 e. The Morgan fingerprint density at radius 2 is 1.34 bits per heavy atom. The molecule has 470 valence electrons. The van der Waals surface area contributed by atoms with E-state index in [2.05, 4.69) is 19.7 Å². The third kappa shape index (κ3) is 14.9. The molecule has 6 aromatic carbocycles. The maximum atomic E-state index is 13.9. The minimum Gasteiger partial charge on any atom is -0.352 e. The molecule has 9 rings (SSSR count). The third-order valence-electron chi connectivity index (χ3n) is 15.6. The van der Waals surface area contributed by atoms with Crippen molar-refractivity contribution in [2.75, 3.05) is 36.0 Å². The zero-order chi connectivity index (χ0) is 64.3. The minimum absolute atomic E-state index is 0.00717. The SMILES string of the molecule is CC1(C)C(/C=C/C(=C/C=C2/N(CCCSOOO)c3ccc4c(S(=O)(=O)O)cc(S(=O)(=O)O)cc4c3C2(C)C)c2ccc(C(=O)NCCC(c3ccccc3)c3ccccc3)cn2)=[N+](CCCS(=O)(=O)O)c2ccc3c(SOOO)cc(S(=O)(=O)O)cc3c21. The molecule has 0 aliphatic carbocycles. The van der Waals surface area contributed by atoms with Gasteiger partial charge in [0.15, 0.2) is 5.71 Å². The Labute approximate surface area is 522 Å². The summed E-state index contributed by atoms with van der Waals surface area (Å²) in [7, 11) is -19.5. The largest absolute Gasteiger partial charge is 0.352 e. The first-order chi connectivity index (χ1) is 42.0. The summed E-state index contributed by atoms with van der Waals surface area (Å²) in [4.78, 5) is 18.7. The number of amides is 1. The predicted molar refractivity (Wildman–Crippen MR) is 335 cm³/mol. The van der Waals surface area contributed by atoms with Gasteiger partial charge in [-0.1, -0.05) is 96.7 Å². The number of carbonyl (C=O) groups is 1. The van der Waals surface area contributed by atoms with Gasteiger partial charge >= 0.3 is 0 Å². The first-order valence-corrected chi connectivity index (χ1v) is 34.8. The highest BCUT2D eigenvalue weighted by molar-refractivity contribution is 7.95. The summed E-state index contributed by atoms with van der Waals surface area (Å²) in [6, 6.07) is 33.7. The number of nitrogens with zero attached hydrogens (tertiary/aromatic N) is 3. The van der Waals surface area contributed by atoms with E-state index < -0.39 is 77.6 Å². The lowest BCUT2D eigenvalue weighted by Gasteiger charge is -2.27. The molecule has 0 spiro atoms. The molecule has 0 radical (unpaired) electrons. The number of pyridine rings is 1. The van der Waals surface area contributed by atoms with E-state index in [1.165, 1.54) is 18.3 Å². The maximum absolute atomic E-state index is 13.9. The van der Waals surface area contributed by atoms with Crippen molar-refractivity contribution in [3.05, 3.63) is 191 Å². The molecule has 89 heavy (non-hydrogen) atoms. The number of nitrogens with one attached hydrogen (secondary N) is 1. The van der Waals surface area contributed by atoms with Crippen LogP contribution in [0.15, 0.2) is 177 Å². The number of aromatic nitrogens is 1. The summed E-state index contributed by atoms with van der Waals surface area (Å²) < 4.78 is 153. The van der Waals surface area contributed by atoms with Crippen molar-refractivity contribution >= 4 is 115 Å². The number of anilines is 1. The van der Waals surface area contributed by atoms with Crippen molar-refractivity contribution < 1.29 is 90.5 Å². The number of benzene rings is 6. The molecular formula is C60H61N4O19S6+. The molecule has 0 saturated heterocycles. The fraction of sp³-hybridized carbons (Fsp3) is 0.250. The monoisotopic (exact) mass is 1330 g/mol. The Balaban J connectivity index is 1.20. The van der Waals surface area contributed by atoms with Crippen molar-refractivity contribution in [1.82, 2.24) is 10.3 Å². The standard InChI is InChI=1S/C60H60N4O19S6/c1-59(2)55(64(30-12-32-86(68,69)70)50-23-20-45-47(56(50)59)33-42(87(71,72)73)35-52(45)85-83-81-67)26-19-40(49-22-17-41(37-62-49)58(65)61-28-27-44(38-13-7-5-8-14-38)39-15-9-6-10-16-39)18-25-54-60(3,4)57-48-34-43(88(74,75)76)36-53(89(77,78)79)46(48)21-24-51(57)63(54)29-11-31-84-82-80-66/h5-10,13-26,33-37,44H,11-12,27-32H2,1-4H3,(H6-,61,65,66,67,68,69,70,71,72,73,74,75,76,77,78,79)/p+1. The lowest BCUT2D eigenvalue weighted by Crippen LogP contribution is -2.28. The first-order valence-electron chi connectivity index (χ1n) is 27.3. The second-order valence-corrected chi connectivity index (χ2v) is 29.2. The van der Waals surface area contributed by atoms with Crippen LogP contribution in [-0.2, 0) is 70.0 Å². The Bertz CT molecular complexity index is 4430. The second kappa shape index (κ2) is 27.0. The van der Waals surface area contributed by atoms with E-state index in [-0.39, 0.29) is 52.4 Å². The highest BCUT2D eigenvalue weighted by atomic mass is 32.2. The van der Waals surface area contributed by atoms with Gasteiger partial charge in [-0.3, -0.25) is 28.0 Å². The summed E-state index contributed by atoms with van der Waals surface area (Å²) in [5.41, 5.74) is 3.87. The molecule has 0 fully saturated rings. The molecular weight excluding hydrogens is 1270 g/mol. The summed E-state index contributed by atoms with van der Waals surface area (Å²) >= 11 is 1.28. The molecule has 0 unspecified atom stereocenters. The lowest BCUT2D eigenvalue weighted by molar-refractivity contribution is -0.437. The first kappa shape index (κ1) is 66.7. The van der Waals surface area contributed by atoms with Crippen molar-refractivity contribution in [2.45, 2.75) is 83.3 Å². The molecule has 29 heteroatoms. The highest BCUT2D eigenvalue weighted by Crippen LogP contribution is 2.52. The van der Waals surface area contributed by atoms with Crippen LogP contribution in [0.2, 0.25) is 0 Å². The van der Waals surface area contributed by atoms with E-state index in [0.29, 0.717) is 93.4 Å². The summed E-state index contributed by atoms with van der Waals surface area (Å²) in [6.07, 6.45) is 9.24.